The third kappa shape index (κ3) is 2.08. The summed E-state index contributed by atoms with van der Waals surface area (Å²) in [7, 11) is 1.63. The molecule has 0 bridgehead atoms. The van der Waals surface area contributed by atoms with Gasteiger partial charge in [0.05, 0.1) is 0 Å². The molecular formula is C9H10BrNO. The molecule has 12 heavy (non-hydrogen) atoms. The first-order valence-corrected chi connectivity index (χ1v) is 4.77. The van der Waals surface area contributed by atoms with Crippen LogP contribution >= 0.6 is 15.9 Å². The molecule has 0 aromatic heterocycles. The fourth-order valence-electron chi connectivity index (χ4n) is 0.890. The van der Waals surface area contributed by atoms with Crippen LogP contribution in [0.3, 0.4) is 0 Å². The van der Waals surface area contributed by atoms with Crippen LogP contribution in [0.25, 0.3) is 0 Å². The summed E-state index contributed by atoms with van der Waals surface area (Å²) < 4.78 is 0. The third-order valence-electron chi connectivity index (χ3n) is 1.60. The number of carbonyl (C=O) groups is 1. The van der Waals surface area contributed by atoms with Crippen molar-refractivity contribution in [2.75, 3.05) is 7.05 Å². The predicted octanol–water partition coefficient (Wildman–Crippen LogP) is 1.94. The highest BCUT2D eigenvalue weighted by atomic mass is 79.9. The van der Waals surface area contributed by atoms with Crippen molar-refractivity contribution in [2.45, 2.75) is 5.33 Å². The number of nitrogens with one attached hydrogen (secondary N) is 1. The highest BCUT2D eigenvalue weighted by molar-refractivity contribution is 9.08. The van der Waals surface area contributed by atoms with Crippen LogP contribution in [0.15, 0.2) is 24.3 Å². The van der Waals surface area contributed by atoms with Gasteiger partial charge in [-0.05, 0) is 17.7 Å². The minimum absolute atomic E-state index is 0.0453. The molecule has 1 rings (SSSR count). The zero-order valence-corrected chi connectivity index (χ0v) is 8.39. The minimum atomic E-state index is -0.0453. The molecule has 0 saturated carbocycles. The number of hydrogen-bond acceptors (Lipinski definition) is 1. The Bertz CT molecular complexity index is 268. The van der Waals surface area contributed by atoms with Crippen molar-refractivity contribution in [3.05, 3.63) is 35.4 Å². The number of carbonyl (C=O) groups excluding carboxylic acids is 1. The molecule has 0 saturated heterocycles. The number of halogens is 1. The van der Waals surface area contributed by atoms with Crippen LogP contribution in [0.1, 0.15) is 15.9 Å². The van der Waals surface area contributed by atoms with Crippen LogP contribution in [0.4, 0.5) is 0 Å². The molecule has 0 aliphatic rings. The SMILES string of the molecule is CNC(=O)c1ccc(CBr)cc1. The van der Waals surface area contributed by atoms with E-state index in [4.69, 9.17) is 0 Å². The van der Waals surface area contributed by atoms with Crippen molar-refractivity contribution in [3.63, 3.8) is 0 Å². The lowest BCUT2D eigenvalue weighted by molar-refractivity contribution is 0.0963. The van der Waals surface area contributed by atoms with E-state index in [1.165, 1.54) is 5.56 Å². The first-order valence-electron chi connectivity index (χ1n) is 3.65. The second-order valence-corrected chi connectivity index (χ2v) is 2.97. The molecule has 1 N–H and O–H groups in total. The van der Waals surface area contributed by atoms with Crippen LogP contribution in [-0.2, 0) is 5.33 Å². The van der Waals surface area contributed by atoms with Crippen molar-refractivity contribution >= 4 is 21.8 Å². The zero-order chi connectivity index (χ0) is 8.97. The maximum Gasteiger partial charge on any atom is 0.251 e. The molecule has 0 heterocycles. The van der Waals surface area contributed by atoms with Crippen LogP contribution in [-0.4, -0.2) is 13.0 Å². The van der Waals surface area contributed by atoms with Crippen molar-refractivity contribution in [2.24, 2.45) is 0 Å². The molecule has 1 amide bonds. The summed E-state index contributed by atoms with van der Waals surface area (Å²) in [6.45, 7) is 0. The average Bonchev–Trinajstić information content (AvgIpc) is 2.17. The van der Waals surface area contributed by atoms with Crippen LogP contribution in [0.2, 0.25) is 0 Å². The summed E-state index contributed by atoms with van der Waals surface area (Å²) in [6, 6.07) is 7.49. The van der Waals surface area contributed by atoms with E-state index in [2.05, 4.69) is 21.2 Å². The lowest BCUT2D eigenvalue weighted by atomic mass is 10.1. The van der Waals surface area contributed by atoms with E-state index in [1.807, 2.05) is 24.3 Å². The Labute approximate surface area is 80.1 Å². The van der Waals surface area contributed by atoms with Gasteiger partial charge in [-0.2, -0.15) is 0 Å². The van der Waals surface area contributed by atoms with E-state index < -0.39 is 0 Å². The van der Waals surface area contributed by atoms with Gasteiger partial charge in [-0.25, -0.2) is 0 Å². The highest BCUT2D eigenvalue weighted by Crippen LogP contribution is 2.07. The molecule has 0 radical (unpaired) electrons. The van der Waals surface area contributed by atoms with Gasteiger partial charge in [0.15, 0.2) is 0 Å². The second-order valence-electron chi connectivity index (χ2n) is 2.41. The van der Waals surface area contributed by atoms with Gasteiger partial charge >= 0.3 is 0 Å². The third-order valence-corrected chi connectivity index (χ3v) is 2.24. The van der Waals surface area contributed by atoms with Gasteiger partial charge in [-0.1, -0.05) is 28.1 Å². The van der Waals surface area contributed by atoms with Crippen LogP contribution in [0, 0.1) is 0 Å². The van der Waals surface area contributed by atoms with Crippen molar-refractivity contribution in [1.29, 1.82) is 0 Å². The Morgan fingerprint density at radius 3 is 2.42 bits per heavy atom. The summed E-state index contributed by atoms with van der Waals surface area (Å²) in [4.78, 5) is 11.1. The van der Waals surface area contributed by atoms with Gasteiger partial charge in [0.2, 0.25) is 0 Å². The first-order chi connectivity index (χ1) is 5.77. The Balaban J connectivity index is 2.84. The van der Waals surface area contributed by atoms with Crippen molar-refractivity contribution in [3.8, 4) is 0 Å². The van der Waals surface area contributed by atoms with Crippen molar-refractivity contribution < 1.29 is 4.79 Å². The summed E-state index contributed by atoms with van der Waals surface area (Å²) in [5, 5.41) is 3.39. The number of amides is 1. The Morgan fingerprint density at radius 1 is 1.42 bits per heavy atom. The average molecular weight is 228 g/mol. The Kier molecular flexibility index (Phi) is 3.29. The summed E-state index contributed by atoms with van der Waals surface area (Å²) in [5.74, 6) is -0.0453. The second kappa shape index (κ2) is 4.26. The van der Waals surface area contributed by atoms with Crippen LogP contribution in [0.5, 0.6) is 0 Å². The minimum Gasteiger partial charge on any atom is -0.355 e. The topological polar surface area (TPSA) is 29.1 Å². The molecule has 0 unspecified atom stereocenters. The first kappa shape index (κ1) is 9.26. The van der Waals surface area contributed by atoms with Crippen LogP contribution < -0.4 is 5.32 Å². The van der Waals surface area contributed by atoms with E-state index >= 15 is 0 Å². The summed E-state index contributed by atoms with van der Waals surface area (Å²) in [5.41, 5.74) is 1.87. The van der Waals surface area contributed by atoms with Gasteiger partial charge in [-0.15, -0.1) is 0 Å². The monoisotopic (exact) mass is 227 g/mol. The fraction of sp³-hybridized carbons (Fsp3) is 0.222. The molecule has 0 aliphatic carbocycles. The molecule has 0 aliphatic heterocycles. The van der Waals surface area contributed by atoms with Gasteiger partial charge < -0.3 is 5.32 Å². The van der Waals surface area contributed by atoms with E-state index in [1.54, 1.807) is 7.05 Å². The number of alkyl halides is 1. The largest absolute Gasteiger partial charge is 0.355 e. The lowest BCUT2D eigenvalue weighted by Gasteiger charge is -1.99. The molecule has 0 spiro atoms. The molecule has 0 fully saturated rings. The standard InChI is InChI=1S/C9H10BrNO/c1-11-9(12)8-4-2-7(6-10)3-5-8/h2-5H,6H2,1H3,(H,11,12). The van der Waals surface area contributed by atoms with E-state index in [0.717, 1.165) is 5.33 Å². The summed E-state index contributed by atoms with van der Waals surface area (Å²) >= 11 is 3.34. The maximum atomic E-state index is 11.1. The lowest BCUT2D eigenvalue weighted by Crippen LogP contribution is -2.17. The predicted molar refractivity (Wildman–Crippen MR) is 52.5 cm³/mol. The maximum absolute atomic E-state index is 11.1. The van der Waals surface area contributed by atoms with E-state index in [0.29, 0.717) is 5.56 Å². The number of benzene rings is 1. The van der Waals surface area contributed by atoms with Gasteiger partial charge in [0.1, 0.15) is 0 Å². The quantitative estimate of drug-likeness (QED) is 0.770. The molecule has 64 valence electrons. The van der Waals surface area contributed by atoms with Gasteiger partial charge in [0.25, 0.3) is 5.91 Å². The molecule has 1 aromatic carbocycles. The fourth-order valence-corrected chi connectivity index (χ4v) is 1.26. The molecule has 2 nitrogen and oxygen atoms in total. The van der Waals surface area contributed by atoms with Gasteiger partial charge in [-0.3, -0.25) is 4.79 Å². The smallest absolute Gasteiger partial charge is 0.251 e. The molecule has 1 aromatic rings. The number of rotatable bonds is 2. The van der Waals surface area contributed by atoms with Gasteiger partial charge in [0, 0.05) is 17.9 Å². The Morgan fingerprint density at radius 2 is 2.00 bits per heavy atom. The highest BCUT2D eigenvalue weighted by Gasteiger charge is 2.00. The molecule has 3 heteroatoms. The zero-order valence-electron chi connectivity index (χ0n) is 6.80. The van der Waals surface area contributed by atoms with E-state index in [-0.39, 0.29) is 5.91 Å². The summed E-state index contributed by atoms with van der Waals surface area (Å²) in [6.07, 6.45) is 0. The Hall–Kier alpha value is -0.830. The van der Waals surface area contributed by atoms with Crippen molar-refractivity contribution in [1.82, 2.24) is 5.32 Å². The molecule has 0 atom stereocenters. The number of hydrogen-bond donors (Lipinski definition) is 1. The molecular weight excluding hydrogens is 218 g/mol. The normalized spacial score (nSPS) is 9.50. The van der Waals surface area contributed by atoms with E-state index in [9.17, 15) is 4.79 Å².